The molecule has 0 aliphatic heterocycles. The average molecular weight is 273 g/mol. The summed E-state index contributed by atoms with van der Waals surface area (Å²) < 4.78 is 28.3. The zero-order chi connectivity index (χ0) is 13.1. The van der Waals surface area contributed by atoms with Gasteiger partial charge in [0.25, 0.3) is 6.01 Å². The number of hydrogen-bond donors (Lipinski definition) is 2. The largest absolute Gasteiger partial charge is 0.464 e. The summed E-state index contributed by atoms with van der Waals surface area (Å²) in [5.74, 6) is -0.0132. The molecule has 18 heavy (non-hydrogen) atoms. The van der Waals surface area contributed by atoms with Gasteiger partial charge >= 0.3 is 0 Å². The van der Waals surface area contributed by atoms with Crippen molar-refractivity contribution in [2.75, 3.05) is 12.4 Å². The number of sulfonamides is 1. The number of ether oxygens (including phenoxy) is 1. The summed E-state index contributed by atoms with van der Waals surface area (Å²) in [5, 5.41) is 5.19. The van der Waals surface area contributed by atoms with E-state index in [0.29, 0.717) is 12.6 Å². The lowest BCUT2D eigenvalue weighted by molar-refractivity contribution is 0.112. The van der Waals surface area contributed by atoms with Crippen LogP contribution in [0.15, 0.2) is 12.4 Å². The fourth-order valence-corrected chi connectivity index (χ4v) is 3.84. The van der Waals surface area contributed by atoms with Crippen LogP contribution in [-0.2, 0) is 10.0 Å². The fraction of sp³-hybridized carbons (Fsp3) is 0.727. The second-order valence-corrected chi connectivity index (χ2v) is 6.67. The predicted molar refractivity (Wildman–Crippen MR) is 67.6 cm³/mol. The topological polar surface area (TPSA) is 98.1 Å². The highest BCUT2D eigenvalue weighted by molar-refractivity contribution is 7.89. The van der Waals surface area contributed by atoms with E-state index in [0.717, 1.165) is 32.1 Å². The van der Waals surface area contributed by atoms with Crippen LogP contribution in [-0.4, -0.2) is 30.7 Å². The molecule has 0 atom stereocenters. The van der Waals surface area contributed by atoms with E-state index >= 15 is 0 Å². The number of aromatic nitrogens is 2. The van der Waals surface area contributed by atoms with Crippen LogP contribution in [0.5, 0.6) is 6.01 Å². The molecule has 0 radical (unpaired) electrons. The SMILES string of the molecule is NS(=O)(=O)CC1(COc2ncc[nH]2)CCCCC1. The van der Waals surface area contributed by atoms with E-state index in [1.54, 1.807) is 12.4 Å². The Bertz CT molecular complexity index is 464. The molecule has 1 fully saturated rings. The second-order valence-electron chi connectivity index (χ2n) is 5.05. The van der Waals surface area contributed by atoms with Gasteiger partial charge in [-0.3, -0.25) is 0 Å². The standard InChI is InChI=1S/C11H19N3O3S/c12-18(15,16)9-11(4-2-1-3-5-11)8-17-10-13-6-7-14-10/h6-7H,1-5,8-9H2,(H,13,14)(H2,12,15,16). The van der Waals surface area contributed by atoms with Crippen LogP contribution in [0.2, 0.25) is 0 Å². The van der Waals surface area contributed by atoms with Crippen molar-refractivity contribution in [1.82, 2.24) is 9.97 Å². The Morgan fingerprint density at radius 1 is 1.39 bits per heavy atom. The maximum Gasteiger partial charge on any atom is 0.293 e. The van der Waals surface area contributed by atoms with Crippen molar-refractivity contribution in [1.29, 1.82) is 0 Å². The number of H-pyrrole nitrogens is 1. The third kappa shape index (κ3) is 3.71. The van der Waals surface area contributed by atoms with Gasteiger partial charge in [0.05, 0.1) is 12.4 Å². The van der Waals surface area contributed by atoms with Crippen LogP contribution < -0.4 is 9.88 Å². The summed E-state index contributed by atoms with van der Waals surface area (Å²) in [4.78, 5) is 6.81. The van der Waals surface area contributed by atoms with Crippen LogP contribution in [0.3, 0.4) is 0 Å². The van der Waals surface area contributed by atoms with Crippen LogP contribution in [0.4, 0.5) is 0 Å². The molecule has 102 valence electrons. The Balaban J connectivity index is 2.04. The molecule has 7 heteroatoms. The molecule has 6 nitrogen and oxygen atoms in total. The van der Waals surface area contributed by atoms with Crippen LogP contribution in [0.1, 0.15) is 32.1 Å². The van der Waals surface area contributed by atoms with E-state index in [4.69, 9.17) is 9.88 Å². The van der Waals surface area contributed by atoms with Gasteiger partial charge in [-0.15, -0.1) is 0 Å². The molecule has 0 amide bonds. The Kier molecular flexibility index (Phi) is 3.91. The van der Waals surface area contributed by atoms with Crippen LogP contribution in [0, 0.1) is 5.41 Å². The third-order valence-electron chi connectivity index (χ3n) is 3.41. The van der Waals surface area contributed by atoms with Crippen molar-refractivity contribution in [2.45, 2.75) is 32.1 Å². The number of hydrogen-bond acceptors (Lipinski definition) is 4. The lowest BCUT2D eigenvalue weighted by Crippen LogP contribution is -2.40. The van der Waals surface area contributed by atoms with E-state index in [-0.39, 0.29) is 11.2 Å². The molecular formula is C11H19N3O3S. The molecule has 1 heterocycles. The van der Waals surface area contributed by atoms with Gasteiger partial charge in [0.15, 0.2) is 0 Å². The predicted octanol–water partition coefficient (Wildman–Crippen LogP) is 1.03. The maximum atomic E-state index is 11.4. The molecule has 1 aliphatic rings. The Labute approximate surface area is 107 Å². The first-order chi connectivity index (χ1) is 8.49. The number of nitrogens with one attached hydrogen (secondary N) is 1. The monoisotopic (exact) mass is 273 g/mol. The average Bonchev–Trinajstić information content (AvgIpc) is 2.78. The molecule has 1 aromatic heterocycles. The smallest absolute Gasteiger partial charge is 0.293 e. The van der Waals surface area contributed by atoms with Gasteiger partial charge in [-0.2, -0.15) is 0 Å². The number of primary sulfonamides is 1. The Hall–Kier alpha value is -1.08. The number of rotatable bonds is 5. The highest BCUT2D eigenvalue weighted by Gasteiger charge is 2.36. The van der Waals surface area contributed by atoms with Crippen molar-refractivity contribution in [3.05, 3.63) is 12.4 Å². The lowest BCUT2D eigenvalue weighted by atomic mass is 9.76. The molecular weight excluding hydrogens is 254 g/mol. The van der Waals surface area contributed by atoms with E-state index in [2.05, 4.69) is 9.97 Å². The third-order valence-corrected chi connectivity index (χ3v) is 4.42. The van der Waals surface area contributed by atoms with Gasteiger partial charge in [0, 0.05) is 17.8 Å². The minimum absolute atomic E-state index is 0.0132. The summed E-state index contributed by atoms with van der Waals surface area (Å²) in [6, 6.07) is 0.425. The van der Waals surface area contributed by atoms with E-state index in [9.17, 15) is 8.42 Å². The van der Waals surface area contributed by atoms with E-state index in [1.807, 2.05) is 0 Å². The first-order valence-electron chi connectivity index (χ1n) is 6.12. The van der Waals surface area contributed by atoms with Gasteiger partial charge in [0.2, 0.25) is 10.0 Å². The molecule has 0 bridgehead atoms. The second kappa shape index (κ2) is 5.27. The fourth-order valence-electron chi connectivity index (χ4n) is 2.61. The first-order valence-corrected chi connectivity index (χ1v) is 7.83. The van der Waals surface area contributed by atoms with Crippen LogP contribution in [0.25, 0.3) is 0 Å². The van der Waals surface area contributed by atoms with Gasteiger partial charge in [-0.25, -0.2) is 18.5 Å². The van der Waals surface area contributed by atoms with Crippen molar-refractivity contribution in [3.8, 4) is 6.01 Å². The molecule has 0 saturated heterocycles. The summed E-state index contributed by atoms with van der Waals surface area (Å²) in [6.45, 7) is 0.344. The van der Waals surface area contributed by atoms with Gasteiger partial charge in [-0.05, 0) is 12.8 Å². The summed E-state index contributed by atoms with van der Waals surface area (Å²) in [7, 11) is -3.48. The van der Waals surface area contributed by atoms with Crippen molar-refractivity contribution in [3.63, 3.8) is 0 Å². The van der Waals surface area contributed by atoms with Crippen molar-refractivity contribution >= 4 is 10.0 Å². The molecule has 2 rings (SSSR count). The van der Waals surface area contributed by atoms with Gasteiger partial charge in [0.1, 0.15) is 0 Å². The highest BCUT2D eigenvalue weighted by atomic mass is 32.2. The lowest BCUT2D eigenvalue weighted by Gasteiger charge is -2.35. The van der Waals surface area contributed by atoms with Crippen LogP contribution >= 0.6 is 0 Å². The maximum absolute atomic E-state index is 11.4. The zero-order valence-corrected chi connectivity index (χ0v) is 11.1. The minimum atomic E-state index is -3.48. The van der Waals surface area contributed by atoms with Crippen molar-refractivity contribution < 1.29 is 13.2 Å². The molecule has 0 spiro atoms. The molecule has 0 unspecified atom stereocenters. The summed E-state index contributed by atoms with van der Waals surface area (Å²) in [5.41, 5.74) is -0.362. The Morgan fingerprint density at radius 2 is 2.11 bits per heavy atom. The van der Waals surface area contributed by atoms with E-state index in [1.165, 1.54) is 0 Å². The highest BCUT2D eigenvalue weighted by Crippen LogP contribution is 2.37. The molecule has 1 aliphatic carbocycles. The van der Waals surface area contributed by atoms with Crippen molar-refractivity contribution in [2.24, 2.45) is 10.6 Å². The molecule has 0 aromatic carbocycles. The quantitative estimate of drug-likeness (QED) is 0.837. The number of aromatic amines is 1. The molecule has 1 aromatic rings. The normalized spacial score (nSPS) is 19.6. The number of nitrogens with two attached hydrogens (primary N) is 1. The van der Waals surface area contributed by atoms with Gasteiger partial charge < -0.3 is 9.72 Å². The Morgan fingerprint density at radius 3 is 2.67 bits per heavy atom. The molecule has 3 N–H and O–H groups in total. The molecule has 1 saturated carbocycles. The minimum Gasteiger partial charge on any atom is -0.464 e. The summed E-state index contributed by atoms with van der Waals surface area (Å²) in [6.07, 6.45) is 8.14. The summed E-state index contributed by atoms with van der Waals surface area (Å²) >= 11 is 0. The van der Waals surface area contributed by atoms with Gasteiger partial charge in [-0.1, -0.05) is 19.3 Å². The zero-order valence-electron chi connectivity index (χ0n) is 10.3. The number of nitrogens with zero attached hydrogens (tertiary/aromatic N) is 1. The van der Waals surface area contributed by atoms with E-state index < -0.39 is 10.0 Å². The first kappa shape index (κ1) is 13.4. The number of imidazole rings is 1.